The van der Waals surface area contributed by atoms with Crippen LogP contribution in [0.1, 0.15) is 38.4 Å². The fourth-order valence-electron chi connectivity index (χ4n) is 2.62. The summed E-state index contributed by atoms with van der Waals surface area (Å²) in [7, 11) is 0. The van der Waals surface area contributed by atoms with Crippen LogP contribution in [0.15, 0.2) is 24.3 Å². The molecular formula is C15H14F3N5O2. The third-order valence-electron chi connectivity index (χ3n) is 3.77. The molecule has 4 N–H and O–H groups in total. The van der Waals surface area contributed by atoms with Gasteiger partial charge in [-0.1, -0.05) is 6.07 Å². The van der Waals surface area contributed by atoms with Crippen molar-refractivity contribution >= 4 is 17.6 Å². The minimum atomic E-state index is -4.55. The zero-order valence-electron chi connectivity index (χ0n) is 12.9. The van der Waals surface area contributed by atoms with Gasteiger partial charge in [-0.05, 0) is 31.0 Å². The number of rotatable bonds is 3. The van der Waals surface area contributed by atoms with Crippen molar-refractivity contribution in [3.05, 3.63) is 46.6 Å². The van der Waals surface area contributed by atoms with Gasteiger partial charge in [0.25, 0.3) is 11.8 Å². The highest BCUT2D eigenvalue weighted by atomic mass is 19.4. The molecule has 0 bridgehead atoms. The summed E-state index contributed by atoms with van der Waals surface area (Å²) in [6, 6.07) is 4.01. The zero-order chi connectivity index (χ0) is 18.2. The number of amides is 2. The molecule has 0 atom stereocenters. The first-order chi connectivity index (χ1) is 11.8. The van der Waals surface area contributed by atoms with Gasteiger partial charge in [0, 0.05) is 17.7 Å². The Bertz CT molecular complexity index is 844. The summed E-state index contributed by atoms with van der Waals surface area (Å²) in [4.78, 5) is 24.8. The van der Waals surface area contributed by atoms with Crippen LogP contribution in [0.5, 0.6) is 0 Å². The summed E-state index contributed by atoms with van der Waals surface area (Å²) in [6.45, 7) is 0.607. The summed E-state index contributed by atoms with van der Waals surface area (Å²) >= 11 is 0. The molecule has 7 nitrogen and oxygen atoms in total. The standard InChI is InChI=1S/C15H14F3N5O2/c16-15(17,18)9-4-1-3-8(7-9)14(25)22-23-13-10(5-2-6-20-13)11(21-23)12(19)24/h1,3-4,7,20H,2,5-6H2,(H2,19,24)(H,22,25). The molecular weight excluding hydrogens is 339 g/mol. The first-order valence-electron chi connectivity index (χ1n) is 7.41. The normalized spacial score (nSPS) is 13.7. The molecule has 0 radical (unpaired) electrons. The summed E-state index contributed by atoms with van der Waals surface area (Å²) in [5, 5.41) is 6.95. The van der Waals surface area contributed by atoms with Gasteiger partial charge in [0.2, 0.25) is 0 Å². The van der Waals surface area contributed by atoms with Crippen LogP contribution < -0.4 is 16.5 Å². The first kappa shape index (κ1) is 16.8. The molecule has 0 spiro atoms. The van der Waals surface area contributed by atoms with E-state index >= 15 is 0 Å². The number of nitrogens with one attached hydrogen (secondary N) is 2. The molecule has 1 aliphatic rings. The number of alkyl halides is 3. The van der Waals surface area contributed by atoms with Gasteiger partial charge in [-0.3, -0.25) is 9.59 Å². The van der Waals surface area contributed by atoms with Gasteiger partial charge in [0.1, 0.15) is 0 Å². The van der Waals surface area contributed by atoms with E-state index in [0.29, 0.717) is 24.3 Å². The van der Waals surface area contributed by atoms with Crippen LogP contribution in [0.4, 0.5) is 19.0 Å². The maximum absolute atomic E-state index is 12.8. The zero-order valence-corrected chi connectivity index (χ0v) is 12.9. The Morgan fingerprint density at radius 3 is 2.76 bits per heavy atom. The predicted molar refractivity (Wildman–Crippen MR) is 82.7 cm³/mol. The number of benzene rings is 1. The molecule has 2 heterocycles. The lowest BCUT2D eigenvalue weighted by atomic mass is 10.1. The molecule has 0 fully saturated rings. The second-order valence-corrected chi connectivity index (χ2v) is 5.50. The van der Waals surface area contributed by atoms with E-state index in [4.69, 9.17) is 5.73 Å². The minimum Gasteiger partial charge on any atom is -0.368 e. The highest BCUT2D eigenvalue weighted by Crippen LogP contribution is 2.29. The van der Waals surface area contributed by atoms with E-state index in [2.05, 4.69) is 15.8 Å². The molecule has 1 aromatic carbocycles. The number of nitrogens with zero attached hydrogens (tertiary/aromatic N) is 2. The fraction of sp³-hybridized carbons (Fsp3) is 0.267. The van der Waals surface area contributed by atoms with Gasteiger partial charge in [-0.25, -0.2) is 5.43 Å². The molecule has 0 aliphatic carbocycles. The molecule has 2 amide bonds. The van der Waals surface area contributed by atoms with Crippen LogP contribution in [-0.2, 0) is 12.6 Å². The van der Waals surface area contributed by atoms with Crippen LogP contribution in [0.3, 0.4) is 0 Å². The van der Waals surface area contributed by atoms with E-state index in [1.54, 1.807) is 0 Å². The van der Waals surface area contributed by atoms with Crippen LogP contribution >= 0.6 is 0 Å². The van der Waals surface area contributed by atoms with Crippen molar-refractivity contribution in [3.63, 3.8) is 0 Å². The van der Waals surface area contributed by atoms with Crippen LogP contribution in [0, 0.1) is 0 Å². The highest BCUT2D eigenvalue weighted by molar-refractivity contribution is 6.00. The van der Waals surface area contributed by atoms with Crippen LogP contribution in [0.25, 0.3) is 0 Å². The third-order valence-corrected chi connectivity index (χ3v) is 3.77. The van der Waals surface area contributed by atoms with E-state index in [1.807, 2.05) is 0 Å². The van der Waals surface area contributed by atoms with Crippen molar-refractivity contribution in [1.29, 1.82) is 0 Å². The maximum Gasteiger partial charge on any atom is 0.416 e. The number of carbonyl (C=O) groups excluding carboxylic acids is 2. The number of hydrogen-bond donors (Lipinski definition) is 3. The monoisotopic (exact) mass is 353 g/mol. The number of halogens is 3. The van der Waals surface area contributed by atoms with Gasteiger partial charge in [-0.15, -0.1) is 5.10 Å². The highest BCUT2D eigenvalue weighted by Gasteiger charge is 2.31. The largest absolute Gasteiger partial charge is 0.416 e. The van der Waals surface area contributed by atoms with E-state index in [1.165, 1.54) is 6.07 Å². The molecule has 10 heteroatoms. The lowest BCUT2D eigenvalue weighted by molar-refractivity contribution is -0.137. The molecule has 1 aromatic heterocycles. The molecule has 132 valence electrons. The smallest absolute Gasteiger partial charge is 0.368 e. The molecule has 0 saturated heterocycles. The Hall–Kier alpha value is -3.04. The Morgan fingerprint density at radius 1 is 1.32 bits per heavy atom. The lowest BCUT2D eigenvalue weighted by Gasteiger charge is -2.16. The Kier molecular flexibility index (Phi) is 4.11. The second-order valence-electron chi connectivity index (χ2n) is 5.50. The topological polar surface area (TPSA) is 102 Å². The summed E-state index contributed by atoms with van der Waals surface area (Å²) in [6.07, 6.45) is -3.23. The average molecular weight is 353 g/mol. The number of carbonyl (C=O) groups is 2. The predicted octanol–water partition coefficient (Wildman–Crippen LogP) is 1.74. The number of primary amides is 1. The second kappa shape index (κ2) is 6.11. The van der Waals surface area contributed by atoms with E-state index < -0.39 is 23.6 Å². The van der Waals surface area contributed by atoms with Gasteiger partial charge in [-0.2, -0.15) is 18.0 Å². The average Bonchev–Trinajstić information content (AvgIpc) is 2.93. The molecule has 2 aromatic rings. The lowest BCUT2D eigenvalue weighted by Crippen LogP contribution is -2.27. The van der Waals surface area contributed by atoms with Gasteiger partial charge < -0.3 is 11.1 Å². The Balaban J connectivity index is 1.90. The quantitative estimate of drug-likeness (QED) is 0.782. The van der Waals surface area contributed by atoms with Crippen molar-refractivity contribution in [2.24, 2.45) is 5.73 Å². The SMILES string of the molecule is NC(=O)c1nn(NC(=O)c2cccc(C(F)(F)F)c2)c2c1CCCN2. The Labute approximate surface area is 140 Å². The van der Waals surface area contributed by atoms with Crippen molar-refractivity contribution in [3.8, 4) is 0 Å². The summed E-state index contributed by atoms with van der Waals surface area (Å²) in [5.74, 6) is -1.13. The van der Waals surface area contributed by atoms with E-state index in [0.717, 1.165) is 29.4 Å². The number of anilines is 1. The fourth-order valence-corrected chi connectivity index (χ4v) is 2.62. The number of nitrogens with two attached hydrogens (primary N) is 1. The molecule has 3 rings (SSSR count). The van der Waals surface area contributed by atoms with Crippen molar-refractivity contribution < 1.29 is 22.8 Å². The minimum absolute atomic E-state index is 0.0199. The number of fused-ring (bicyclic) bond motifs is 1. The van der Waals surface area contributed by atoms with Gasteiger partial charge >= 0.3 is 6.18 Å². The summed E-state index contributed by atoms with van der Waals surface area (Å²) in [5.41, 5.74) is 7.13. The van der Waals surface area contributed by atoms with Gasteiger partial charge in [0.15, 0.2) is 11.5 Å². The maximum atomic E-state index is 12.8. The van der Waals surface area contributed by atoms with Crippen molar-refractivity contribution in [2.75, 3.05) is 17.3 Å². The first-order valence-corrected chi connectivity index (χ1v) is 7.41. The van der Waals surface area contributed by atoms with E-state index in [-0.39, 0.29) is 11.3 Å². The van der Waals surface area contributed by atoms with Crippen molar-refractivity contribution in [1.82, 2.24) is 9.89 Å². The molecule has 0 unspecified atom stereocenters. The van der Waals surface area contributed by atoms with E-state index in [9.17, 15) is 22.8 Å². The third kappa shape index (κ3) is 3.28. The van der Waals surface area contributed by atoms with Crippen LogP contribution in [0.2, 0.25) is 0 Å². The Morgan fingerprint density at radius 2 is 2.08 bits per heavy atom. The van der Waals surface area contributed by atoms with Gasteiger partial charge in [0.05, 0.1) is 5.56 Å². The molecule has 25 heavy (non-hydrogen) atoms. The number of hydrogen-bond acceptors (Lipinski definition) is 4. The van der Waals surface area contributed by atoms with Crippen molar-refractivity contribution in [2.45, 2.75) is 19.0 Å². The summed E-state index contributed by atoms with van der Waals surface area (Å²) < 4.78 is 38.3. The molecule has 1 aliphatic heterocycles. The van der Waals surface area contributed by atoms with Crippen LogP contribution in [-0.4, -0.2) is 28.2 Å². The molecule has 0 saturated carbocycles. The number of aromatic nitrogens is 2.